The average Bonchev–Trinajstić information content (AvgIpc) is 3.13. The van der Waals surface area contributed by atoms with Gasteiger partial charge in [0.25, 0.3) is 0 Å². The molecule has 114 valence electrons. The van der Waals surface area contributed by atoms with Gasteiger partial charge in [-0.05, 0) is 31.7 Å². The van der Waals surface area contributed by atoms with E-state index in [0.717, 1.165) is 13.0 Å². The first-order valence-corrected chi connectivity index (χ1v) is 7.96. The van der Waals surface area contributed by atoms with Crippen LogP contribution >= 0.6 is 0 Å². The van der Waals surface area contributed by atoms with Crippen molar-refractivity contribution in [2.75, 3.05) is 0 Å². The zero-order chi connectivity index (χ0) is 15.4. The predicted octanol–water partition coefficient (Wildman–Crippen LogP) is 4.21. The Kier molecular flexibility index (Phi) is 5.35. The largest absolute Gasteiger partial charge is 0.298 e. The maximum Gasteiger partial charge on any atom is 0.151 e. The molecule has 0 aliphatic carbocycles. The van der Waals surface area contributed by atoms with E-state index in [1.807, 2.05) is 6.07 Å². The molecule has 2 nitrogen and oxygen atoms in total. The lowest BCUT2D eigenvalue weighted by Crippen LogP contribution is -2.13. The molecule has 2 rings (SSSR count). The maximum absolute atomic E-state index is 12.4. The molecule has 3 atom stereocenters. The van der Waals surface area contributed by atoms with Crippen LogP contribution in [0.25, 0.3) is 0 Å². The molecular formula is C19H27NO. The molecule has 1 aliphatic heterocycles. The number of rotatable bonds is 7. The summed E-state index contributed by atoms with van der Waals surface area (Å²) < 4.78 is 0. The Morgan fingerprint density at radius 3 is 2.48 bits per heavy atom. The SMILES string of the molecule is CC(C)=CCCC(=O)C1C(C(C)C)N1Cc1ccccc1. The maximum atomic E-state index is 12.4. The summed E-state index contributed by atoms with van der Waals surface area (Å²) in [7, 11) is 0. The van der Waals surface area contributed by atoms with Crippen LogP contribution in [0.2, 0.25) is 0 Å². The van der Waals surface area contributed by atoms with Crippen molar-refractivity contribution in [3.8, 4) is 0 Å². The van der Waals surface area contributed by atoms with Gasteiger partial charge in [0.15, 0.2) is 5.78 Å². The number of carbonyl (C=O) groups is 1. The van der Waals surface area contributed by atoms with Gasteiger partial charge in [0, 0.05) is 19.0 Å². The van der Waals surface area contributed by atoms with Crippen molar-refractivity contribution in [3.05, 3.63) is 47.5 Å². The van der Waals surface area contributed by atoms with Crippen molar-refractivity contribution in [3.63, 3.8) is 0 Å². The quantitative estimate of drug-likeness (QED) is 0.552. The first kappa shape index (κ1) is 16.0. The Morgan fingerprint density at radius 2 is 1.90 bits per heavy atom. The summed E-state index contributed by atoms with van der Waals surface area (Å²) >= 11 is 0. The Bertz CT molecular complexity index is 500. The van der Waals surface area contributed by atoms with Crippen molar-refractivity contribution >= 4 is 5.78 Å². The molecule has 0 aromatic heterocycles. The highest BCUT2D eigenvalue weighted by Crippen LogP contribution is 2.37. The standard InChI is InChI=1S/C19H27NO/c1-14(2)9-8-12-17(21)19-18(15(3)4)20(19)13-16-10-6-5-7-11-16/h5-7,9-11,15,18-19H,8,12-13H2,1-4H3. The molecule has 1 saturated heterocycles. The molecule has 0 amide bonds. The summed E-state index contributed by atoms with van der Waals surface area (Å²) in [6.07, 6.45) is 3.71. The summed E-state index contributed by atoms with van der Waals surface area (Å²) in [5, 5.41) is 0. The van der Waals surface area contributed by atoms with Crippen molar-refractivity contribution < 1.29 is 4.79 Å². The number of nitrogens with zero attached hydrogens (tertiary/aromatic N) is 1. The monoisotopic (exact) mass is 285 g/mol. The molecule has 0 radical (unpaired) electrons. The number of hydrogen-bond acceptors (Lipinski definition) is 2. The lowest BCUT2D eigenvalue weighted by Gasteiger charge is -2.05. The van der Waals surface area contributed by atoms with Gasteiger partial charge in [-0.1, -0.05) is 55.8 Å². The minimum atomic E-state index is 0.135. The third kappa shape index (κ3) is 4.28. The van der Waals surface area contributed by atoms with Crippen molar-refractivity contribution in [2.45, 2.75) is 59.2 Å². The predicted molar refractivity (Wildman–Crippen MR) is 88.1 cm³/mol. The van der Waals surface area contributed by atoms with Crippen LogP contribution in [0.1, 0.15) is 46.1 Å². The molecule has 0 bridgehead atoms. The summed E-state index contributed by atoms with van der Waals surface area (Å²) in [5.74, 6) is 0.938. The highest BCUT2D eigenvalue weighted by molar-refractivity contribution is 5.87. The van der Waals surface area contributed by atoms with Crippen LogP contribution in [0.5, 0.6) is 0 Å². The molecule has 1 aromatic carbocycles. The van der Waals surface area contributed by atoms with E-state index in [-0.39, 0.29) is 6.04 Å². The summed E-state index contributed by atoms with van der Waals surface area (Å²) in [4.78, 5) is 14.8. The normalized spacial score (nSPS) is 24.0. The summed E-state index contributed by atoms with van der Waals surface area (Å²) in [5.41, 5.74) is 2.59. The van der Waals surface area contributed by atoms with Gasteiger partial charge < -0.3 is 0 Å². The molecular weight excluding hydrogens is 258 g/mol. The van der Waals surface area contributed by atoms with Crippen LogP contribution in [0.4, 0.5) is 0 Å². The average molecular weight is 285 g/mol. The van der Waals surface area contributed by atoms with Gasteiger partial charge in [0.1, 0.15) is 0 Å². The number of benzene rings is 1. The zero-order valence-corrected chi connectivity index (χ0v) is 13.7. The minimum absolute atomic E-state index is 0.135. The highest BCUT2D eigenvalue weighted by atomic mass is 16.1. The minimum Gasteiger partial charge on any atom is -0.298 e. The van der Waals surface area contributed by atoms with Crippen LogP contribution in [0.15, 0.2) is 42.0 Å². The molecule has 1 heterocycles. The first-order chi connectivity index (χ1) is 10.0. The van der Waals surface area contributed by atoms with Crippen LogP contribution in [-0.4, -0.2) is 22.8 Å². The van der Waals surface area contributed by atoms with Gasteiger partial charge in [-0.25, -0.2) is 0 Å². The second-order valence-corrected chi connectivity index (χ2v) is 6.62. The van der Waals surface area contributed by atoms with Gasteiger partial charge in [-0.3, -0.25) is 9.69 Å². The number of Topliss-reactive ketones (excluding diaryl/α,β-unsaturated/α-hetero) is 1. The lowest BCUT2D eigenvalue weighted by atomic mass is 10.0. The summed E-state index contributed by atoms with van der Waals surface area (Å²) in [6.45, 7) is 9.49. The van der Waals surface area contributed by atoms with E-state index in [9.17, 15) is 4.79 Å². The molecule has 3 unspecified atom stereocenters. The topological polar surface area (TPSA) is 20.1 Å². The Balaban J connectivity index is 1.95. The Hall–Kier alpha value is -1.41. The van der Waals surface area contributed by atoms with Crippen LogP contribution in [-0.2, 0) is 11.3 Å². The second-order valence-electron chi connectivity index (χ2n) is 6.62. The molecule has 0 saturated carbocycles. The van der Waals surface area contributed by atoms with E-state index in [0.29, 0.717) is 24.2 Å². The van der Waals surface area contributed by atoms with E-state index in [2.05, 4.69) is 62.9 Å². The number of hydrogen-bond donors (Lipinski definition) is 0. The molecule has 1 aliphatic rings. The van der Waals surface area contributed by atoms with Gasteiger partial charge in [0.05, 0.1) is 6.04 Å². The first-order valence-electron chi connectivity index (χ1n) is 7.96. The van der Waals surface area contributed by atoms with Crippen molar-refractivity contribution in [2.24, 2.45) is 5.92 Å². The van der Waals surface area contributed by atoms with Crippen molar-refractivity contribution in [1.82, 2.24) is 4.90 Å². The van der Waals surface area contributed by atoms with Crippen LogP contribution in [0.3, 0.4) is 0 Å². The third-order valence-electron chi connectivity index (χ3n) is 4.14. The number of carbonyl (C=O) groups excluding carboxylic acids is 1. The Morgan fingerprint density at radius 1 is 1.24 bits per heavy atom. The molecule has 1 fully saturated rings. The van der Waals surface area contributed by atoms with E-state index >= 15 is 0 Å². The molecule has 1 aromatic rings. The molecule has 21 heavy (non-hydrogen) atoms. The molecule has 0 spiro atoms. The molecule has 2 heteroatoms. The van der Waals surface area contributed by atoms with Crippen LogP contribution in [0, 0.1) is 5.92 Å². The number of ketones is 1. The fourth-order valence-corrected chi connectivity index (χ4v) is 3.07. The highest BCUT2D eigenvalue weighted by Gasteiger charge is 2.52. The van der Waals surface area contributed by atoms with Crippen molar-refractivity contribution in [1.29, 1.82) is 0 Å². The van der Waals surface area contributed by atoms with Gasteiger partial charge in [-0.2, -0.15) is 0 Å². The molecule has 0 N–H and O–H groups in total. The van der Waals surface area contributed by atoms with E-state index in [1.54, 1.807) is 0 Å². The van der Waals surface area contributed by atoms with E-state index in [4.69, 9.17) is 0 Å². The number of allylic oxidation sites excluding steroid dienone is 2. The third-order valence-corrected chi connectivity index (χ3v) is 4.14. The Labute approximate surface area is 128 Å². The fraction of sp³-hybridized carbons (Fsp3) is 0.526. The van der Waals surface area contributed by atoms with Gasteiger partial charge in [0.2, 0.25) is 0 Å². The lowest BCUT2D eigenvalue weighted by molar-refractivity contribution is -0.119. The zero-order valence-electron chi connectivity index (χ0n) is 13.7. The van der Waals surface area contributed by atoms with E-state index in [1.165, 1.54) is 11.1 Å². The van der Waals surface area contributed by atoms with Crippen LogP contribution < -0.4 is 0 Å². The smallest absolute Gasteiger partial charge is 0.151 e. The van der Waals surface area contributed by atoms with Gasteiger partial charge in [-0.15, -0.1) is 0 Å². The van der Waals surface area contributed by atoms with Gasteiger partial charge >= 0.3 is 0 Å². The summed E-state index contributed by atoms with van der Waals surface area (Å²) in [6, 6.07) is 11.0. The van der Waals surface area contributed by atoms with E-state index < -0.39 is 0 Å². The second kappa shape index (κ2) is 7.04. The fourth-order valence-electron chi connectivity index (χ4n) is 3.07.